The first-order valence-corrected chi connectivity index (χ1v) is 5.72. The molecule has 0 unspecified atom stereocenters. The monoisotopic (exact) mass is 267 g/mol. The standard InChI is InChI=1S/C13H14ClNO3/c1-2-18-12(16)6-4-3-5-9-7-10(14)13(17)11(15)8-9/h3-8,17H,2,15H2,1H3/b5-3+,6-4+. The Labute approximate surface area is 110 Å². The van der Waals surface area contributed by atoms with E-state index in [4.69, 9.17) is 22.1 Å². The van der Waals surface area contributed by atoms with Gasteiger partial charge in [-0.25, -0.2) is 4.79 Å². The molecule has 5 heteroatoms. The summed E-state index contributed by atoms with van der Waals surface area (Å²) >= 11 is 5.77. The van der Waals surface area contributed by atoms with Crippen molar-refractivity contribution in [1.29, 1.82) is 0 Å². The van der Waals surface area contributed by atoms with Crippen LogP contribution in [0.25, 0.3) is 6.08 Å². The molecule has 18 heavy (non-hydrogen) atoms. The quantitative estimate of drug-likeness (QED) is 0.289. The van der Waals surface area contributed by atoms with Crippen molar-refractivity contribution in [2.75, 3.05) is 12.3 Å². The molecule has 0 aromatic heterocycles. The lowest BCUT2D eigenvalue weighted by Crippen LogP contribution is -1.98. The maximum Gasteiger partial charge on any atom is 0.330 e. The van der Waals surface area contributed by atoms with Gasteiger partial charge in [0.25, 0.3) is 0 Å². The van der Waals surface area contributed by atoms with Gasteiger partial charge in [0.05, 0.1) is 17.3 Å². The fourth-order valence-corrected chi connectivity index (χ4v) is 1.46. The number of nitrogens with two attached hydrogens (primary N) is 1. The summed E-state index contributed by atoms with van der Waals surface area (Å²) in [6, 6.07) is 3.15. The molecule has 0 aliphatic carbocycles. The van der Waals surface area contributed by atoms with Gasteiger partial charge in [-0.2, -0.15) is 0 Å². The van der Waals surface area contributed by atoms with E-state index in [0.717, 1.165) is 5.56 Å². The minimum Gasteiger partial charge on any atom is -0.504 e. The number of rotatable bonds is 4. The molecule has 0 fully saturated rings. The predicted octanol–water partition coefficient (Wildman–Crippen LogP) is 2.76. The molecule has 1 rings (SSSR count). The van der Waals surface area contributed by atoms with Crippen molar-refractivity contribution in [2.24, 2.45) is 0 Å². The molecule has 0 heterocycles. The highest BCUT2D eigenvalue weighted by Gasteiger charge is 2.03. The van der Waals surface area contributed by atoms with Gasteiger partial charge in [0.2, 0.25) is 0 Å². The largest absolute Gasteiger partial charge is 0.504 e. The molecule has 1 aromatic rings. The Morgan fingerprint density at radius 3 is 2.83 bits per heavy atom. The second kappa shape index (κ2) is 6.71. The van der Waals surface area contributed by atoms with Crippen molar-refractivity contribution in [3.63, 3.8) is 0 Å². The van der Waals surface area contributed by atoms with E-state index in [0.29, 0.717) is 6.61 Å². The van der Waals surface area contributed by atoms with Gasteiger partial charge in [0.15, 0.2) is 5.75 Å². The smallest absolute Gasteiger partial charge is 0.330 e. The van der Waals surface area contributed by atoms with Crippen LogP contribution in [-0.2, 0) is 9.53 Å². The Morgan fingerprint density at radius 1 is 1.50 bits per heavy atom. The van der Waals surface area contributed by atoms with Gasteiger partial charge in [0, 0.05) is 6.08 Å². The fourth-order valence-electron chi connectivity index (χ4n) is 1.23. The normalized spacial score (nSPS) is 11.2. The molecule has 96 valence electrons. The third kappa shape index (κ3) is 4.14. The summed E-state index contributed by atoms with van der Waals surface area (Å²) in [7, 11) is 0. The first kappa shape index (κ1) is 14.1. The van der Waals surface area contributed by atoms with E-state index in [9.17, 15) is 9.90 Å². The minimum absolute atomic E-state index is 0.129. The zero-order valence-electron chi connectivity index (χ0n) is 9.89. The van der Waals surface area contributed by atoms with Crippen molar-refractivity contribution in [3.8, 4) is 5.75 Å². The van der Waals surface area contributed by atoms with Crippen LogP contribution < -0.4 is 5.73 Å². The summed E-state index contributed by atoms with van der Waals surface area (Å²) in [5.74, 6) is -0.527. The average Bonchev–Trinajstić information content (AvgIpc) is 2.32. The Kier molecular flexibility index (Phi) is 5.27. The maximum atomic E-state index is 11.0. The van der Waals surface area contributed by atoms with Gasteiger partial charge in [0.1, 0.15) is 0 Å². The van der Waals surface area contributed by atoms with Gasteiger partial charge in [-0.3, -0.25) is 0 Å². The number of benzene rings is 1. The van der Waals surface area contributed by atoms with Crippen LogP contribution in [-0.4, -0.2) is 17.7 Å². The van der Waals surface area contributed by atoms with E-state index in [1.165, 1.54) is 6.08 Å². The molecule has 0 aliphatic rings. The van der Waals surface area contributed by atoms with Gasteiger partial charge < -0.3 is 15.6 Å². The van der Waals surface area contributed by atoms with Gasteiger partial charge in [-0.1, -0.05) is 29.8 Å². The molecule has 3 N–H and O–H groups in total. The summed E-state index contributed by atoms with van der Waals surface area (Å²) < 4.78 is 4.71. The maximum absolute atomic E-state index is 11.0. The topological polar surface area (TPSA) is 72.5 Å². The molecule has 0 spiro atoms. The number of halogens is 1. The Morgan fingerprint density at radius 2 is 2.22 bits per heavy atom. The third-order valence-corrected chi connectivity index (χ3v) is 2.32. The molecule has 0 amide bonds. The number of nitrogen functional groups attached to an aromatic ring is 1. The molecule has 0 bridgehead atoms. The molecule has 0 aliphatic heterocycles. The Hall–Kier alpha value is -1.94. The summed E-state index contributed by atoms with van der Waals surface area (Å²) in [4.78, 5) is 11.0. The Bertz CT molecular complexity index is 472. The van der Waals surface area contributed by atoms with Crippen LogP contribution in [0.1, 0.15) is 12.5 Å². The van der Waals surface area contributed by atoms with E-state index < -0.39 is 5.97 Å². The molecular weight excluding hydrogens is 254 g/mol. The number of carbonyl (C=O) groups excluding carboxylic acids is 1. The summed E-state index contributed by atoms with van der Waals surface area (Å²) in [6.07, 6.45) is 6.22. The number of aromatic hydroxyl groups is 1. The van der Waals surface area contributed by atoms with Gasteiger partial charge in [-0.05, 0) is 24.6 Å². The first-order chi connectivity index (χ1) is 8.54. The number of anilines is 1. The zero-order chi connectivity index (χ0) is 13.5. The number of esters is 1. The highest BCUT2D eigenvalue weighted by Crippen LogP contribution is 2.31. The van der Waals surface area contributed by atoms with Gasteiger partial charge in [-0.15, -0.1) is 0 Å². The van der Waals surface area contributed by atoms with Crippen LogP contribution in [0.4, 0.5) is 5.69 Å². The zero-order valence-corrected chi connectivity index (χ0v) is 10.6. The molecule has 0 saturated carbocycles. The SMILES string of the molecule is CCOC(=O)/C=C/C=C/c1cc(N)c(O)c(Cl)c1. The molecule has 0 saturated heterocycles. The molecule has 0 radical (unpaired) electrons. The number of hydrogen-bond donors (Lipinski definition) is 2. The van der Waals surface area contributed by atoms with Gasteiger partial charge >= 0.3 is 5.97 Å². The van der Waals surface area contributed by atoms with Crippen molar-refractivity contribution >= 4 is 29.3 Å². The van der Waals surface area contributed by atoms with Crippen LogP contribution in [0, 0.1) is 0 Å². The average molecular weight is 268 g/mol. The number of allylic oxidation sites excluding steroid dienone is 2. The molecule has 0 atom stereocenters. The van der Waals surface area contributed by atoms with Crippen LogP contribution >= 0.6 is 11.6 Å². The van der Waals surface area contributed by atoms with Crippen LogP contribution in [0.5, 0.6) is 5.75 Å². The lowest BCUT2D eigenvalue weighted by Gasteiger charge is -2.02. The van der Waals surface area contributed by atoms with E-state index in [1.54, 1.807) is 37.3 Å². The second-order valence-electron chi connectivity index (χ2n) is 3.41. The van der Waals surface area contributed by atoms with Crippen molar-refractivity contribution < 1.29 is 14.6 Å². The highest BCUT2D eigenvalue weighted by molar-refractivity contribution is 6.32. The second-order valence-corrected chi connectivity index (χ2v) is 3.82. The number of hydrogen-bond acceptors (Lipinski definition) is 4. The summed E-state index contributed by atoms with van der Waals surface area (Å²) in [6.45, 7) is 2.08. The Balaban J connectivity index is 2.71. The highest BCUT2D eigenvalue weighted by atomic mass is 35.5. The molecular formula is C13H14ClNO3. The fraction of sp³-hybridized carbons (Fsp3) is 0.154. The van der Waals surface area contributed by atoms with Crippen molar-refractivity contribution in [3.05, 3.63) is 40.9 Å². The number of carbonyl (C=O) groups is 1. The minimum atomic E-state index is -0.398. The van der Waals surface area contributed by atoms with Crippen molar-refractivity contribution in [1.82, 2.24) is 0 Å². The first-order valence-electron chi connectivity index (χ1n) is 5.34. The third-order valence-electron chi connectivity index (χ3n) is 2.03. The lowest BCUT2D eigenvalue weighted by molar-refractivity contribution is -0.137. The summed E-state index contributed by atoms with van der Waals surface area (Å²) in [5.41, 5.74) is 6.48. The molecule has 4 nitrogen and oxygen atoms in total. The summed E-state index contributed by atoms with van der Waals surface area (Å²) in [5, 5.41) is 9.56. The van der Waals surface area contributed by atoms with Crippen LogP contribution in [0.15, 0.2) is 30.4 Å². The number of phenols is 1. The number of ether oxygens (including phenoxy) is 1. The van der Waals surface area contributed by atoms with Crippen LogP contribution in [0.3, 0.4) is 0 Å². The van der Waals surface area contributed by atoms with E-state index in [-0.39, 0.29) is 16.5 Å². The lowest BCUT2D eigenvalue weighted by atomic mass is 10.1. The van der Waals surface area contributed by atoms with Crippen LogP contribution in [0.2, 0.25) is 5.02 Å². The van der Waals surface area contributed by atoms with E-state index >= 15 is 0 Å². The number of phenolic OH excluding ortho intramolecular Hbond substituents is 1. The predicted molar refractivity (Wildman–Crippen MR) is 72.3 cm³/mol. The molecule has 1 aromatic carbocycles. The van der Waals surface area contributed by atoms with Crippen molar-refractivity contribution in [2.45, 2.75) is 6.92 Å². The van der Waals surface area contributed by atoms with E-state index in [2.05, 4.69) is 0 Å². The van der Waals surface area contributed by atoms with E-state index in [1.807, 2.05) is 0 Å².